The minimum atomic E-state index is -1.78. The Labute approximate surface area is 389 Å². The number of H-pyrrole nitrogens is 1. The molecule has 13 aromatic rings. The minimum absolute atomic E-state index is 0.539. The Kier molecular flexibility index (Phi) is 7.75. The SMILES string of the molecule is [2H]C([2H])(c1ccccc1)c1cccc(-n2c(-c3cccc4c3[nH]c3ccccc34)nc3c(-c4cccc(C5(c6ccccn6)c6ccccc6-c6ccccc65)c4)cc4oc5ccccc5c4c32)c1. The number of rotatable bonds is 7. The van der Waals surface area contributed by atoms with Crippen LogP contribution < -0.4 is 0 Å². The molecular formula is C62H40N4O. The average Bonchev–Trinajstić information content (AvgIpc) is 4.17. The molecule has 9 aromatic carbocycles. The van der Waals surface area contributed by atoms with Crippen LogP contribution >= 0.6 is 0 Å². The zero-order valence-electron chi connectivity index (χ0n) is 38.1. The fourth-order valence-electron chi connectivity index (χ4n) is 11.0. The van der Waals surface area contributed by atoms with Crippen LogP contribution in [0.15, 0.2) is 229 Å². The molecule has 0 bridgehead atoms. The summed E-state index contributed by atoms with van der Waals surface area (Å²) in [5, 5.41) is 4.13. The van der Waals surface area contributed by atoms with Crippen molar-refractivity contribution >= 4 is 54.8 Å². The molecule has 1 aliphatic rings. The largest absolute Gasteiger partial charge is 0.456 e. The van der Waals surface area contributed by atoms with Crippen molar-refractivity contribution in [2.75, 3.05) is 0 Å². The maximum atomic E-state index is 9.52. The van der Waals surface area contributed by atoms with Crippen molar-refractivity contribution in [3.63, 3.8) is 0 Å². The van der Waals surface area contributed by atoms with Crippen LogP contribution in [0.1, 0.15) is 36.3 Å². The molecule has 5 nitrogen and oxygen atoms in total. The van der Waals surface area contributed by atoms with E-state index in [4.69, 9.17) is 14.4 Å². The average molecular weight is 859 g/mol. The number of aromatic nitrogens is 4. The summed E-state index contributed by atoms with van der Waals surface area (Å²) < 4.78 is 28.1. The highest BCUT2D eigenvalue weighted by Crippen LogP contribution is 2.56. The van der Waals surface area contributed by atoms with Crippen LogP contribution in [0.3, 0.4) is 0 Å². The Balaban J connectivity index is 1.10. The Hall–Kier alpha value is -8.80. The van der Waals surface area contributed by atoms with Crippen molar-refractivity contribution in [3.05, 3.63) is 258 Å². The van der Waals surface area contributed by atoms with Gasteiger partial charge in [0.25, 0.3) is 0 Å². The second kappa shape index (κ2) is 14.6. The van der Waals surface area contributed by atoms with Crippen LogP contribution in [-0.2, 0) is 11.8 Å². The van der Waals surface area contributed by atoms with E-state index in [9.17, 15) is 2.74 Å². The molecular weight excluding hydrogens is 817 g/mol. The van der Waals surface area contributed by atoms with Gasteiger partial charge in [-0.1, -0.05) is 164 Å². The highest BCUT2D eigenvalue weighted by Gasteiger charge is 2.47. The molecule has 0 saturated carbocycles. The number of aromatic amines is 1. The molecule has 0 aliphatic heterocycles. The summed E-state index contributed by atoms with van der Waals surface area (Å²) in [6.45, 7) is 0. The van der Waals surface area contributed by atoms with Crippen LogP contribution in [0.25, 0.3) is 94.1 Å². The lowest BCUT2D eigenvalue weighted by Crippen LogP contribution is -2.29. The summed E-state index contributed by atoms with van der Waals surface area (Å²) in [7, 11) is 0. The fourth-order valence-corrected chi connectivity index (χ4v) is 11.0. The first kappa shape index (κ1) is 35.5. The summed E-state index contributed by atoms with van der Waals surface area (Å²) >= 11 is 0. The Bertz CT molecular complexity index is 4140. The third-order valence-corrected chi connectivity index (χ3v) is 13.8. The molecule has 0 unspecified atom stereocenters. The quantitative estimate of drug-likeness (QED) is 0.174. The van der Waals surface area contributed by atoms with E-state index in [0.717, 1.165) is 94.2 Å². The second-order valence-electron chi connectivity index (χ2n) is 17.4. The lowest BCUT2D eigenvalue weighted by molar-refractivity contribution is 0.669. The van der Waals surface area contributed by atoms with Gasteiger partial charge in [0.2, 0.25) is 0 Å². The van der Waals surface area contributed by atoms with Crippen LogP contribution in [0.4, 0.5) is 0 Å². The summed E-state index contributed by atoms with van der Waals surface area (Å²) in [6, 6.07) is 75.0. The zero-order valence-corrected chi connectivity index (χ0v) is 36.1. The smallest absolute Gasteiger partial charge is 0.147 e. The predicted molar refractivity (Wildman–Crippen MR) is 273 cm³/mol. The summed E-state index contributed by atoms with van der Waals surface area (Å²) in [4.78, 5) is 14.7. The molecule has 0 saturated heterocycles. The van der Waals surface area contributed by atoms with Gasteiger partial charge in [-0.3, -0.25) is 9.55 Å². The minimum Gasteiger partial charge on any atom is -0.456 e. The van der Waals surface area contributed by atoms with E-state index >= 15 is 0 Å². The number of nitrogens with one attached hydrogen (secondary N) is 1. The maximum absolute atomic E-state index is 9.52. The molecule has 1 aliphatic carbocycles. The maximum Gasteiger partial charge on any atom is 0.147 e. The van der Waals surface area contributed by atoms with Gasteiger partial charge in [-0.2, -0.15) is 0 Å². The van der Waals surface area contributed by atoms with E-state index in [1.165, 1.54) is 22.3 Å². The number of hydrogen-bond donors (Lipinski definition) is 1. The van der Waals surface area contributed by atoms with E-state index in [1.807, 2.05) is 72.9 Å². The highest BCUT2D eigenvalue weighted by molar-refractivity contribution is 6.22. The van der Waals surface area contributed by atoms with Crippen LogP contribution in [0.2, 0.25) is 0 Å². The molecule has 314 valence electrons. The number of furan rings is 1. The van der Waals surface area contributed by atoms with Gasteiger partial charge in [-0.05, 0) is 105 Å². The lowest BCUT2D eigenvalue weighted by Gasteiger charge is -2.33. The third-order valence-electron chi connectivity index (χ3n) is 13.8. The van der Waals surface area contributed by atoms with E-state index in [2.05, 4.69) is 161 Å². The van der Waals surface area contributed by atoms with Gasteiger partial charge in [0, 0.05) is 47.4 Å². The van der Waals surface area contributed by atoms with Gasteiger partial charge in [0.05, 0.1) is 33.0 Å². The Morgan fingerprint density at radius 2 is 1.22 bits per heavy atom. The van der Waals surface area contributed by atoms with E-state index in [-0.39, 0.29) is 0 Å². The monoisotopic (exact) mass is 858 g/mol. The predicted octanol–water partition coefficient (Wildman–Crippen LogP) is 15.2. The van der Waals surface area contributed by atoms with Gasteiger partial charge in [0.15, 0.2) is 0 Å². The van der Waals surface area contributed by atoms with Crippen LogP contribution in [0, 0.1) is 0 Å². The first-order valence-electron chi connectivity index (χ1n) is 23.7. The third kappa shape index (κ3) is 5.55. The standard InChI is InChI=1S/C62H40N4O/c1-2-17-39(18-3-1)35-40-19-14-22-43(36-40)66-60-57-48-26-7-11-32-54(48)67-55(57)38-50(59(60)65-61(66)49-28-16-27-47-46-25-6-10-31-53(46)64-58(47)49)41-20-15-21-42(37-41)62(56-33-12-13-34-63-56)51-29-8-4-23-44(51)45-24-5-9-30-52(45)62/h1-34,36-38,64H,35H2/i35D2. The Morgan fingerprint density at radius 1 is 0.537 bits per heavy atom. The number of fused-ring (bicyclic) bond motifs is 11. The molecule has 0 atom stereocenters. The van der Waals surface area contributed by atoms with E-state index in [1.54, 1.807) is 0 Å². The van der Waals surface area contributed by atoms with Gasteiger partial charge in [0.1, 0.15) is 17.0 Å². The summed E-state index contributed by atoms with van der Waals surface area (Å²) in [5.41, 5.74) is 16.0. The number of para-hydroxylation sites is 3. The van der Waals surface area contributed by atoms with Crippen LogP contribution in [0.5, 0.6) is 0 Å². The molecule has 1 N–H and O–H groups in total. The lowest BCUT2D eigenvalue weighted by atomic mass is 9.69. The van der Waals surface area contributed by atoms with Gasteiger partial charge in [-0.15, -0.1) is 0 Å². The molecule has 0 radical (unpaired) electrons. The summed E-state index contributed by atoms with van der Waals surface area (Å²) in [6.07, 6.45) is 0.112. The van der Waals surface area contributed by atoms with Crippen molar-refractivity contribution in [1.82, 2.24) is 19.5 Å². The van der Waals surface area contributed by atoms with Gasteiger partial charge >= 0.3 is 0 Å². The van der Waals surface area contributed by atoms with Gasteiger partial charge < -0.3 is 9.40 Å². The molecule has 67 heavy (non-hydrogen) atoms. The molecule has 14 rings (SSSR count). The Morgan fingerprint density at radius 3 is 2.06 bits per heavy atom. The molecule has 4 heterocycles. The number of imidazole rings is 1. The molecule has 4 aromatic heterocycles. The number of hydrogen-bond acceptors (Lipinski definition) is 3. The molecule has 0 fully saturated rings. The van der Waals surface area contributed by atoms with Crippen molar-refractivity contribution < 1.29 is 7.16 Å². The molecule has 0 amide bonds. The number of pyridine rings is 1. The number of nitrogens with zero attached hydrogens (tertiary/aromatic N) is 3. The summed E-state index contributed by atoms with van der Waals surface area (Å²) in [5.74, 6) is 0.721. The van der Waals surface area contributed by atoms with Crippen molar-refractivity contribution in [2.45, 2.75) is 11.8 Å². The van der Waals surface area contributed by atoms with E-state index < -0.39 is 11.8 Å². The van der Waals surface area contributed by atoms with Crippen LogP contribution in [-0.4, -0.2) is 19.5 Å². The van der Waals surface area contributed by atoms with Crippen molar-refractivity contribution in [1.29, 1.82) is 0 Å². The van der Waals surface area contributed by atoms with Crippen molar-refractivity contribution in [2.24, 2.45) is 0 Å². The first-order valence-corrected chi connectivity index (χ1v) is 22.7. The fraction of sp³-hybridized carbons (Fsp3) is 0.0323. The second-order valence-corrected chi connectivity index (χ2v) is 17.4. The first-order chi connectivity index (χ1) is 34.0. The molecule has 0 spiro atoms. The van der Waals surface area contributed by atoms with Crippen molar-refractivity contribution in [3.8, 4) is 39.3 Å². The normalized spacial score (nSPS) is 13.6. The topological polar surface area (TPSA) is 59.6 Å². The van der Waals surface area contributed by atoms with E-state index in [0.29, 0.717) is 11.1 Å². The molecule has 5 heteroatoms. The number of benzene rings is 9. The zero-order chi connectivity index (χ0) is 45.8. The van der Waals surface area contributed by atoms with Gasteiger partial charge in [-0.25, -0.2) is 4.98 Å². The highest BCUT2D eigenvalue weighted by atomic mass is 16.3.